The van der Waals surface area contributed by atoms with E-state index in [1.165, 1.54) is 4.31 Å². The molecule has 0 aliphatic rings. The standard InChI is InChI=1S/C18H21IN2O3S/c1-3-21(4-2)25(23,24)17-10-8-14(9-11-17)13-20-18(22)15-6-5-7-16(19)12-15/h5-12H,3-4,13H2,1-2H3,(H,20,22). The van der Waals surface area contributed by atoms with Crippen molar-refractivity contribution in [1.29, 1.82) is 0 Å². The van der Waals surface area contributed by atoms with Crippen LogP contribution in [0.25, 0.3) is 0 Å². The van der Waals surface area contributed by atoms with Crippen LogP contribution in [0.5, 0.6) is 0 Å². The van der Waals surface area contributed by atoms with Crippen molar-refractivity contribution < 1.29 is 13.2 Å². The Balaban J connectivity index is 2.04. The maximum Gasteiger partial charge on any atom is 0.251 e. The average Bonchev–Trinajstić information content (AvgIpc) is 2.61. The van der Waals surface area contributed by atoms with E-state index in [0.717, 1.165) is 9.13 Å². The molecule has 0 bridgehead atoms. The predicted molar refractivity (Wildman–Crippen MR) is 107 cm³/mol. The number of nitrogens with one attached hydrogen (secondary N) is 1. The number of sulfonamides is 1. The lowest BCUT2D eigenvalue weighted by Gasteiger charge is -2.18. The average molecular weight is 472 g/mol. The van der Waals surface area contributed by atoms with E-state index in [-0.39, 0.29) is 10.8 Å². The first-order valence-electron chi connectivity index (χ1n) is 8.01. The molecule has 2 aromatic rings. The summed E-state index contributed by atoms with van der Waals surface area (Å²) in [6.45, 7) is 4.85. The second-order valence-electron chi connectivity index (χ2n) is 5.43. The van der Waals surface area contributed by atoms with E-state index in [4.69, 9.17) is 0 Å². The van der Waals surface area contributed by atoms with Gasteiger partial charge in [-0.15, -0.1) is 0 Å². The van der Waals surface area contributed by atoms with E-state index in [2.05, 4.69) is 27.9 Å². The molecule has 0 unspecified atom stereocenters. The van der Waals surface area contributed by atoms with Gasteiger partial charge in [-0.1, -0.05) is 32.0 Å². The minimum absolute atomic E-state index is 0.154. The first-order chi connectivity index (χ1) is 11.9. The van der Waals surface area contributed by atoms with Gasteiger partial charge >= 0.3 is 0 Å². The molecule has 0 atom stereocenters. The Hall–Kier alpha value is -1.45. The van der Waals surface area contributed by atoms with E-state index >= 15 is 0 Å². The minimum Gasteiger partial charge on any atom is -0.348 e. The number of carbonyl (C=O) groups is 1. The van der Waals surface area contributed by atoms with Crippen LogP contribution >= 0.6 is 22.6 Å². The summed E-state index contributed by atoms with van der Waals surface area (Å²) >= 11 is 2.16. The van der Waals surface area contributed by atoms with Gasteiger partial charge in [-0.25, -0.2) is 8.42 Å². The molecule has 0 heterocycles. The molecule has 7 heteroatoms. The van der Waals surface area contributed by atoms with Crippen LogP contribution in [0.4, 0.5) is 0 Å². The van der Waals surface area contributed by atoms with Gasteiger partial charge in [-0.2, -0.15) is 4.31 Å². The van der Waals surface area contributed by atoms with Crippen LogP contribution in [0.1, 0.15) is 29.8 Å². The Kier molecular flexibility index (Phi) is 6.97. The molecular weight excluding hydrogens is 451 g/mol. The van der Waals surface area contributed by atoms with Crippen LogP contribution in [0.3, 0.4) is 0 Å². The molecule has 1 amide bonds. The van der Waals surface area contributed by atoms with Crippen molar-refractivity contribution in [2.45, 2.75) is 25.3 Å². The zero-order valence-corrected chi connectivity index (χ0v) is 17.2. The summed E-state index contributed by atoms with van der Waals surface area (Å²) in [5, 5.41) is 2.84. The zero-order valence-electron chi connectivity index (χ0n) is 14.2. The number of amides is 1. The van der Waals surface area contributed by atoms with E-state index in [1.807, 2.05) is 32.0 Å². The van der Waals surface area contributed by atoms with Crippen LogP contribution in [0.2, 0.25) is 0 Å². The first-order valence-corrected chi connectivity index (χ1v) is 10.5. The maximum atomic E-state index is 12.4. The van der Waals surface area contributed by atoms with Crippen molar-refractivity contribution in [2.75, 3.05) is 13.1 Å². The molecule has 0 aliphatic heterocycles. The van der Waals surface area contributed by atoms with Crippen molar-refractivity contribution in [3.05, 3.63) is 63.2 Å². The van der Waals surface area contributed by atoms with Gasteiger partial charge in [0.1, 0.15) is 0 Å². The van der Waals surface area contributed by atoms with Crippen molar-refractivity contribution in [3.8, 4) is 0 Å². The van der Waals surface area contributed by atoms with Crippen molar-refractivity contribution in [3.63, 3.8) is 0 Å². The van der Waals surface area contributed by atoms with E-state index < -0.39 is 10.0 Å². The summed E-state index contributed by atoms with van der Waals surface area (Å²) in [6, 6.07) is 14.0. The molecule has 2 rings (SSSR count). The van der Waals surface area contributed by atoms with Gasteiger partial charge in [0.05, 0.1) is 4.90 Å². The number of halogens is 1. The summed E-state index contributed by atoms with van der Waals surface area (Å²) < 4.78 is 27.3. The molecule has 2 aromatic carbocycles. The number of hydrogen-bond donors (Lipinski definition) is 1. The highest BCUT2D eigenvalue weighted by Crippen LogP contribution is 2.16. The van der Waals surface area contributed by atoms with Crippen LogP contribution in [0, 0.1) is 3.57 Å². The fraction of sp³-hybridized carbons (Fsp3) is 0.278. The number of rotatable bonds is 7. The highest BCUT2D eigenvalue weighted by molar-refractivity contribution is 14.1. The zero-order chi connectivity index (χ0) is 18.4. The van der Waals surface area contributed by atoms with Gasteiger partial charge < -0.3 is 5.32 Å². The number of carbonyl (C=O) groups excluding carboxylic acids is 1. The van der Waals surface area contributed by atoms with Crippen LogP contribution in [-0.2, 0) is 16.6 Å². The molecule has 5 nitrogen and oxygen atoms in total. The van der Waals surface area contributed by atoms with Gasteiger partial charge in [0, 0.05) is 28.8 Å². The van der Waals surface area contributed by atoms with Gasteiger partial charge in [-0.05, 0) is 58.5 Å². The van der Waals surface area contributed by atoms with Gasteiger partial charge in [0.2, 0.25) is 10.0 Å². The summed E-state index contributed by atoms with van der Waals surface area (Å²) in [6.07, 6.45) is 0. The van der Waals surface area contributed by atoms with E-state index in [0.29, 0.717) is 25.2 Å². The van der Waals surface area contributed by atoms with Crippen molar-refractivity contribution in [2.24, 2.45) is 0 Å². The Morgan fingerprint density at radius 1 is 1.08 bits per heavy atom. The quantitative estimate of drug-likeness (QED) is 0.630. The summed E-state index contributed by atoms with van der Waals surface area (Å²) in [7, 11) is -3.45. The first kappa shape index (κ1) is 19.9. The molecular formula is C18H21IN2O3S. The van der Waals surface area contributed by atoms with Gasteiger partial charge in [0.25, 0.3) is 5.91 Å². The lowest BCUT2D eigenvalue weighted by Crippen LogP contribution is -2.30. The minimum atomic E-state index is -3.45. The molecule has 0 spiro atoms. The fourth-order valence-electron chi connectivity index (χ4n) is 2.41. The highest BCUT2D eigenvalue weighted by atomic mass is 127. The van der Waals surface area contributed by atoms with E-state index in [1.54, 1.807) is 30.3 Å². The lowest BCUT2D eigenvalue weighted by molar-refractivity contribution is 0.0951. The Bertz CT molecular complexity index is 832. The Morgan fingerprint density at radius 3 is 2.28 bits per heavy atom. The third kappa shape index (κ3) is 5.02. The molecule has 134 valence electrons. The Morgan fingerprint density at radius 2 is 1.72 bits per heavy atom. The highest BCUT2D eigenvalue weighted by Gasteiger charge is 2.21. The molecule has 0 saturated carbocycles. The molecule has 0 aromatic heterocycles. The van der Waals surface area contributed by atoms with Crippen molar-refractivity contribution >= 4 is 38.5 Å². The molecule has 0 saturated heterocycles. The number of nitrogens with zero attached hydrogens (tertiary/aromatic N) is 1. The summed E-state index contributed by atoms with van der Waals surface area (Å²) in [5.74, 6) is -0.154. The van der Waals surface area contributed by atoms with Gasteiger partial charge in [0.15, 0.2) is 0 Å². The van der Waals surface area contributed by atoms with Crippen LogP contribution in [-0.4, -0.2) is 31.7 Å². The SMILES string of the molecule is CCN(CC)S(=O)(=O)c1ccc(CNC(=O)c2cccc(I)c2)cc1. The van der Waals surface area contributed by atoms with Crippen LogP contribution < -0.4 is 5.32 Å². The predicted octanol–water partition coefficient (Wildman–Crippen LogP) is 3.25. The largest absolute Gasteiger partial charge is 0.348 e. The second kappa shape index (κ2) is 8.77. The fourth-order valence-corrected chi connectivity index (χ4v) is 4.41. The lowest BCUT2D eigenvalue weighted by atomic mass is 10.2. The number of benzene rings is 2. The normalized spacial score (nSPS) is 11.5. The third-order valence-corrected chi connectivity index (χ3v) is 6.54. The van der Waals surface area contributed by atoms with Crippen LogP contribution in [0.15, 0.2) is 53.4 Å². The Labute approximate surface area is 162 Å². The second-order valence-corrected chi connectivity index (χ2v) is 8.61. The molecule has 1 N–H and O–H groups in total. The maximum absolute atomic E-state index is 12.4. The number of hydrogen-bond acceptors (Lipinski definition) is 3. The van der Waals surface area contributed by atoms with Gasteiger partial charge in [-0.3, -0.25) is 4.79 Å². The molecule has 0 aliphatic carbocycles. The summed E-state index contributed by atoms with van der Waals surface area (Å²) in [5.41, 5.74) is 1.45. The topological polar surface area (TPSA) is 66.5 Å². The monoisotopic (exact) mass is 472 g/mol. The smallest absolute Gasteiger partial charge is 0.251 e. The summed E-state index contributed by atoms with van der Waals surface area (Å²) in [4.78, 5) is 12.4. The molecule has 0 radical (unpaired) electrons. The third-order valence-electron chi connectivity index (χ3n) is 3.81. The van der Waals surface area contributed by atoms with Crippen molar-refractivity contribution in [1.82, 2.24) is 9.62 Å². The molecule has 0 fully saturated rings. The van der Waals surface area contributed by atoms with E-state index in [9.17, 15) is 13.2 Å². The molecule has 25 heavy (non-hydrogen) atoms.